The Balaban J connectivity index is 1.92. The van der Waals surface area contributed by atoms with E-state index in [1.165, 1.54) is 6.20 Å². The molecule has 2 rings (SSSR count). The van der Waals surface area contributed by atoms with Crippen LogP contribution < -0.4 is 11.1 Å². The summed E-state index contributed by atoms with van der Waals surface area (Å²) in [6.45, 7) is 0. The predicted molar refractivity (Wildman–Crippen MR) is 59.8 cm³/mol. The van der Waals surface area contributed by atoms with E-state index in [2.05, 4.69) is 15.5 Å². The zero-order valence-corrected chi connectivity index (χ0v) is 9.25. The largest absolute Gasteiger partial charge is 0.394 e. The first-order valence-corrected chi connectivity index (χ1v) is 5.29. The van der Waals surface area contributed by atoms with Crippen molar-refractivity contribution in [2.75, 3.05) is 18.2 Å². The second-order valence-corrected chi connectivity index (χ2v) is 4.17. The molecular formula is C10H16N4O2. The third kappa shape index (κ3) is 2.01. The van der Waals surface area contributed by atoms with Gasteiger partial charge in [0.15, 0.2) is 5.82 Å². The van der Waals surface area contributed by atoms with Crippen LogP contribution in [0.25, 0.3) is 0 Å². The minimum atomic E-state index is -0.265. The lowest BCUT2D eigenvalue weighted by molar-refractivity contribution is -0.129. The molecule has 1 aromatic heterocycles. The molecule has 0 aliphatic heterocycles. The number of ether oxygens (including phenoxy) is 1. The van der Waals surface area contributed by atoms with Gasteiger partial charge in [0.05, 0.1) is 23.9 Å². The Kier molecular flexibility index (Phi) is 2.82. The summed E-state index contributed by atoms with van der Waals surface area (Å²) in [5, 5.41) is 9.04. The van der Waals surface area contributed by atoms with Crippen LogP contribution in [0.5, 0.6) is 0 Å². The molecule has 1 amide bonds. The number of aromatic nitrogens is 2. The lowest BCUT2D eigenvalue weighted by Gasteiger charge is -2.39. The number of carbonyl (C=O) groups excluding carboxylic acids is 1. The number of carbonyl (C=O) groups is 1. The monoisotopic (exact) mass is 224 g/mol. The van der Waals surface area contributed by atoms with E-state index in [1.807, 2.05) is 0 Å². The molecule has 6 heteroatoms. The maximum absolute atomic E-state index is 11.7. The van der Waals surface area contributed by atoms with Crippen molar-refractivity contribution >= 4 is 17.4 Å². The van der Waals surface area contributed by atoms with Gasteiger partial charge in [-0.15, -0.1) is 0 Å². The van der Waals surface area contributed by atoms with Crippen molar-refractivity contribution in [3.8, 4) is 0 Å². The van der Waals surface area contributed by atoms with Crippen molar-refractivity contribution in [1.29, 1.82) is 0 Å². The van der Waals surface area contributed by atoms with Crippen LogP contribution in [0.2, 0.25) is 0 Å². The summed E-state index contributed by atoms with van der Waals surface area (Å²) >= 11 is 0. The molecule has 1 aromatic rings. The number of rotatable bonds is 4. The number of nitrogens with one attached hydrogen (secondary N) is 2. The average Bonchev–Trinajstić information content (AvgIpc) is 2.58. The molecule has 0 unspecified atom stereocenters. The van der Waals surface area contributed by atoms with Gasteiger partial charge in [0, 0.05) is 7.11 Å². The second kappa shape index (κ2) is 4.13. The van der Waals surface area contributed by atoms with Crippen LogP contribution >= 0.6 is 0 Å². The lowest BCUT2D eigenvalue weighted by Crippen LogP contribution is -2.42. The molecule has 1 aliphatic rings. The minimum Gasteiger partial charge on any atom is -0.394 e. The number of nitrogens with two attached hydrogens (primary N) is 1. The van der Waals surface area contributed by atoms with E-state index in [0.717, 1.165) is 19.3 Å². The van der Waals surface area contributed by atoms with Crippen LogP contribution in [0.3, 0.4) is 0 Å². The number of hydrogen-bond acceptors (Lipinski definition) is 4. The Labute approximate surface area is 93.5 Å². The van der Waals surface area contributed by atoms with Gasteiger partial charge in [-0.1, -0.05) is 0 Å². The molecule has 0 saturated heterocycles. The smallest absolute Gasteiger partial charge is 0.228 e. The van der Waals surface area contributed by atoms with Crippen LogP contribution in [0, 0.1) is 0 Å². The number of nitrogens with zero attached hydrogens (tertiary/aromatic N) is 1. The average molecular weight is 224 g/mol. The van der Waals surface area contributed by atoms with Crippen molar-refractivity contribution in [1.82, 2.24) is 10.2 Å². The fraction of sp³-hybridized carbons (Fsp3) is 0.600. The van der Waals surface area contributed by atoms with Gasteiger partial charge >= 0.3 is 0 Å². The van der Waals surface area contributed by atoms with Crippen LogP contribution in [-0.2, 0) is 9.53 Å². The van der Waals surface area contributed by atoms with Crippen molar-refractivity contribution in [3.05, 3.63) is 6.20 Å². The highest BCUT2D eigenvalue weighted by Gasteiger charge is 2.39. The first kappa shape index (κ1) is 10.9. The Hall–Kier alpha value is -1.56. The summed E-state index contributed by atoms with van der Waals surface area (Å²) in [5.74, 6) is 0.355. The van der Waals surface area contributed by atoms with Crippen LogP contribution in [0.4, 0.5) is 11.5 Å². The number of H-pyrrole nitrogens is 1. The third-order valence-electron chi connectivity index (χ3n) is 3.11. The quantitative estimate of drug-likeness (QED) is 0.708. The first-order chi connectivity index (χ1) is 7.65. The summed E-state index contributed by atoms with van der Waals surface area (Å²) in [4.78, 5) is 11.7. The van der Waals surface area contributed by atoms with Crippen molar-refractivity contribution in [3.63, 3.8) is 0 Å². The number of hydrogen-bond donors (Lipinski definition) is 3. The molecule has 16 heavy (non-hydrogen) atoms. The van der Waals surface area contributed by atoms with Gasteiger partial charge in [0.2, 0.25) is 5.91 Å². The lowest BCUT2D eigenvalue weighted by atomic mass is 9.77. The van der Waals surface area contributed by atoms with Gasteiger partial charge in [-0.3, -0.25) is 9.89 Å². The Morgan fingerprint density at radius 1 is 1.75 bits per heavy atom. The van der Waals surface area contributed by atoms with E-state index in [9.17, 15) is 4.79 Å². The van der Waals surface area contributed by atoms with E-state index < -0.39 is 0 Å². The van der Waals surface area contributed by atoms with E-state index >= 15 is 0 Å². The SMILES string of the molecule is COC1(CC(=O)Nc2[nH]ncc2N)CCC1. The maximum atomic E-state index is 11.7. The third-order valence-corrected chi connectivity index (χ3v) is 3.11. The summed E-state index contributed by atoms with van der Waals surface area (Å²) in [7, 11) is 1.65. The Morgan fingerprint density at radius 3 is 2.94 bits per heavy atom. The molecule has 0 spiro atoms. The summed E-state index contributed by atoms with van der Waals surface area (Å²) in [5.41, 5.74) is 5.77. The zero-order chi connectivity index (χ0) is 11.6. The Bertz CT molecular complexity index is 378. The fourth-order valence-electron chi connectivity index (χ4n) is 1.90. The van der Waals surface area contributed by atoms with Gasteiger partial charge < -0.3 is 15.8 Å². The minimum absolute atomic E-state index is 0.0995. The molecule has 6 nitrogen and oxygen atoms in total. The second-order valence-electron chi connectivity index (χ2n) is 4.17. The number of nitrogen functional groups attached to an aromatic ring is 1. The molecule has 1 aliphatic carbocycles. The van der Waals surface area contributed by atoms with Gasteiger partial charge in [0.25, 0.3) is 0 Å². The molecule has 0 radical (unpaired) electrons. The number of amides is 1. The molecule has 1 heterocycles. The molecule has 0 aromatic carbocycles. The zero-order valence-electron chi connectivity index (χ0n) is 9.25. The van der Waals surface area contributed by atoms with E-state index in [-0.39, 0.29) is 11.5 Å². The first-order valence-electron chi connectivity index (χ1n) is 5.29. The Morgan fingerprint density at radius 2 is 2.50 bits per heavy atom. The standard InChI is InChI=1S/C10H16N4O2/c1-16-10(3-2-4-10)5-8(15)13-9-7(11)6-12-14-9/h6H,2-5,11H2,1H3,(H2,12,13,14,15). The topological polar surface area (TPSA) is 93.0 Å². The highest BCUT2D eigenvalue weighted by atomic mass is 16.5. The van der Waals surface area contributed by atoms with Crippen LogP contribution in [0.15, 0.2) is 6.20 Å². The van der Waals surface area contributed by atoms with Gasteiger partial charge in [0.1, 0.15) is 0 Å². The molecule has 88 valence electrons. The van der Waals surface area contributed by atoms with E-state index in [4.69, 9.17) is 10.5 Å². The highest BCUT2D eigenvalue weighted by molar-refractivity contribution is 5.93. The van der Waals surface area contributed by atoms with E-state index in [1.54, 1.807) is 7.11 Å². The molecule has 0 bridgehead atoms. The highest BCUT2D eigenvalue weighted by Crippen LogP contribution is 2.38. The van der Waals surface area contributed by atoms with Crippen LogP contribution in [0.1, 0.15) is 25.7 Å². The molecule has 1 fully saturated rings. The van der Waals surface area contributed by atoms with Crippen molar-refractivity contribution in [2.24, 2.45) is 0 Å². The number of aromatic amines is 1. The van der Waals surface area contributed by atoms with Crippen LogP contribution in [-0.4, -0.2) is 28.8 Å². The van der Waals surface area contributed by atoms with Crippen molar-refractivity contribution < 1.29 is 9.53 Å². The van der Waals surface area contributed by atoms with Gasteiger partial charge in [-0.25, -0.2) is 0 Å². The molecule has 0 atom stereocenters. The molecule has 4 N–H and O–H groups in total. The normalized spacial score (nSPS) is 17.8. The summed E-state index contributed by atoms with van der Waals surface area (Å²) < 4.78 is 5.38. The maximum Gasteiger partial charge on any atom is 0.228 e. The van der Waals surface area contributed by atoms with Gasteiger partial charge in [-0.2, -0.15) is 5.10 Å². The van der Waals surface area contributed by atoms with Gasteiger partial charge in [-0.05, 0) is 19.3 Å². The molecule has 1 saturated carbocycles. The summed E-state index contributed by atoms with van der Waals surface area (Å²) in [6.07, 6.45) is 4.82. The predicted octanol–water partition coefficient (Wildman–Crippen LogP) is 0.890. The fourth-order valence-corrected chi connectivity index (χ4v) is 1.90. The number of methoxy groups -OCH3 is 1. The number of anilines is 2. The van der Waals surface area contributed by atoms with E-state index in [0.29, 0.717) is 17.9 Å². The van der Waals surface area contributed by atoms with Crippen molar-refractivity contribution in [2.45, 2.75) is 31.3 Å². The summed E-state index contributed by atoms with van der Waals surface area (Å²) in [6, 6.07) is 0. The molecular weight excluding hydrogens is 208 g/mol.